The first-order chi connectivity index (χ1) is 12.3. The van der Waals surface area contributed by atoms with Crippen LogP contribution in [-0.4, -0.2) is 53.7 Å². The Morgan fingerprint density at radius 3 is 2.04 bits per heavy atom. The Hall–Kier alpha value is -1.68. The fraction of sp³-hybridized carbons (Fsp3) is 0.455. The summed E-state index contributed by atoms with van der Waals surface area (Å²) in [5.74, 6) is 0. The van der Waals surface area contributed by atoms with E-state index in [9.17, 15) is 5.11 Å². The van der Waals surface area contributed by atoms with E-state index in [4.69, 9.17) is 0 Å². The minimum Gasteiger partial charge on any atom is -0.392 e. The third kappa shape index (κ3) is 3.37. The summed E-state index contributed by atoms with van der Waals surface area (Å²) in [6.45, 7) is 7.06. The maximum Gasteiger partial charge on any atom is 0.0664 e. The molecule has 2 aromatic rings. The zero-order valence-electron chi connectivity index (χ0n) is 15.1. The molecule has 1 saturated heterocycles. The lowest BCUT2D eigenvalue weighted by Gasteiger charge is -2.42. The Balaban J connectivity index is 1.57. The largest absolute Gasteiger partial charge is 0.392 e. The maximum atomic E-state index is 9.93. The SMILES string of the molecule is CCC(O)CN1CCN(C2c3ccccc3Cc3ccccc32)CC1. The third-order valence-corrected chi connectivity index (χ3v) is 5.79. The Kier molecular flexibility index (Phi) is 4.89. The summed E-state index contributed by atoms with van der Waals surface area (Å²) in [6.07, 6.45) is 1.69. The fourth-order valence-electron chi connectivity index (χ4n) is 4.32. The zero-order valence-corrected chi connectivity index (χ0v) is 15.1. The summed E-state index contributed by atoms with van der Waals surface area (Å²) in [5.41, 5.74) is 5.89. The van der Waals surface area contributed by atoms with Crippen LogP contribution in [0.15, 0.2) is 48.5 Å². The number of hydrogen-bond acceptors (Lipinski definition) is 3. The second-order valence-electron chi connectivity index (χ2n) is 7.38. The van der Waals surface area contributed by atoms with Crippen LogP contribution in [0.2, 0.25) is 0 Å². The molecule has 132 valence electrons. The summed E-state index contributed by atoms with van der Waals surface area (Å²) >= 11 is 0. The summed E-state index contributed by atoms with van der Waals surface area (Å²) in [5, 5.41) is 9.93. The lowest BCUT2D eigenvalue weighted by atomic mass is 9.81. The molecule has 1 aliphatic carbocycles. The van der Waals surface area contributed by atoms with E-state index in [1.807, 2.05) is 0 Å². The van der Waals surface area contributed by atoms with Gasteiger partial charge in [0.15, 0.2) is 0 Å². The van der Waals surface area contributed by atoms with Crippen LogP contribution in [0, 0.1) is 0 Å². The summed E-state index contributed by atoms with van der Waals surface area (Å²) in [7, 11) is 0. The van der Waals surface area contributed by atoms with E-state index in [0.29, 0.717) is 6.04 Å². The highest BCUT2D eigenvalue weighted by molar-refractivity contribution is 5.48. The van der Waals surface area contributed by atoms with Crippen LogP contribution in [0.3, 0.4) is 0 Å². The van der Waals surface area contributed by atoms with Gasteiger partial charge in [0.05, 0.1) is 12.1 Å². The molecule has 2 aliphatic rings. The summed E-state index contributed by atoms with van der Waals surface area (Å²) in [4.78, 5) is 5.04. The number of fused-ring (bicyclic) bond motifs is 2. The molecule has 0 saturated carbocycles. The molecule has 0 aromatic heterocycles. The van der Waals surface area contributed by atoms with Gasteiger partial charge in [-0.2, -0.15) is 0 Å². The van der Waals surface area contributed by atoms with Gasteiger partial charge in [0.25, 0.3) is 0 Å². The van der Waals surface area contributed by atoms with Crippen LogP contribution >= 0.6 is 0 Å². The molecule has 2 aromatic carbocycles. The van der Waals surface area contributed by atoms with Crippen molar-refractivity contribution >= 4 is 0 Å². The van der Waals surface area contributed by atoms with Gasteiger partial charge in [-0.05, 0) is 35.1 Å². The van der Waals surface area contributed by atoms with Gasteiger partial charge in [0, 0.05) is 32.7 Å². The second-order valence-corrected chi connectivity index (χ2v) is 7.38. The van der Waals surface area contributed by atoms with Gasteiger partial charge in [-0.3, -0.25) is 9.80 Å². The van der Waals surface area contributed by atoms with E-state index >= 15 is 0 Å². The standard InChI is InChI=1S/C22H28N2O/c1-2-19(25)16-23-11-13-24(14-12-23)22-20-9-5-3-7-17(20)15-18-8-4-6-10-21(18)22/h3-10,19,22,25H,2,11-16H2,1H3. The van der Waals surface area contributed by atoms with Gasteiger partial charge in [-0.1, -0.05) is 55.5 Å². The number of aliphatic hydroxyl groups is 1. The third-order valence-electron chi connectivity index (χ3n) is 5.79. The van der Waals surface area contributed by atoms with Crippen molar-refractivity contribution < 1.29 is 5.11 Å². The van der Waals surface area contributed by atoms with Crippen molar-refractivity contribution in [2.24, 2.45) is 0 Å². The molecule has 1 N–H and O–H groups in total. The van der Waals surface area contributed by atoms with Gasteiger partial charge in [0.2, 0.25) is 0 Å². The molecule has 25 heavy (non-hydrogen) atoms. The van der Waals surface area contributed by atoms with E-state index in [1.165, 1.54) is 22.3 Å². The molecule has 1 atom stereocenters. The number of rotatable bonds is 4. The highest BCUT2D eigenvalue weighted by Crippen LogP contribution is 2.39. The Labute approximate surface area is 150 Å². The molecule has 1 heterocycles. The fourth-order valence-corrected chi connectivity index (χ4v) is 4.32. The number of aliphatic hydroxyl groups excluding tert-OH is 1. The number of hydrogen-bond donors (Lipinski definition) is 1. The highest BCUT2D eigenvalue weighted by atomic mass is 16.3. The molecule has 0 spiro atoms. The van der Waals surface area contributed by atoms with Crippen LogP contribution in [0.1, 0.15) is 41.6 Å². The molecule has 4 rings (SSSR count). The van der Waals surface area contributed by atoms with Crippen molar-refractivity contribution in [1.29, 1.82) is 0 Å². The van der Waals surface area contributed by atoms with Gasteiger partial charge in [0.1, 0.15) is 0 Å². The first-order valence-electron chi connectivity index (χ1n) is 9.56. The first kappa shape index (κ1) is 16.8. The zero-order chi connectivity index (χ0) is 17.2. The number of benzene rings is 2. The highest BCUT2D eigenvalue weighted by Gasteiger charge is 2.32. The van der Waals surface area contributed by atoms with E-state index in [0.717, 1.165) is 45.6 Å². The molecule has 0 amide bonds. The van der Waals surface area contributed by atoms with Crippen molar-refractivity contribution in [2.45, 2.75) is 31.9 Å². The van der Waals surface area contributed by atoms with Crippen molar-refractivity contribution in [3.8, 4) is 0 Å². The van der Waals surface area contributed by atoms with Crippen LogP contribution in [0.4, 0.5) is 0 Å². The summed E-state index contributed by atoms with van der Waals surface area (Å²) < 4.78 is 0. The number of β-amino-alcohol motifs (C(OH)–C–C–N with tert-alkyl or cyclic N) is 1. The molecule has 1 fully saturated rings. The average Bonchev–Trinajstić information content (AvgIpc) is 2.66. The van der Waals surface area contributed by atoms with Crippen molar-refractivity contribution in [2.75, 3.05) is 32.7 Å². The van der Waals surface area contributed by atoms with E-state index < -0.39 is 0 Å². The normalized spacial score (nSPS) is 20.1. The number of nitrogens with zero attached hydrogens (tertiary/aromatic N) is 2. The Bertz CT molecular complexity index is 676. The van der Waals surface area contributed by atoms with E-state index in [-0.39, 0.29) is 6.10 Å². The van der Waals surface area contributed by atoms with Crippen LogP contribution in [0.25, 0.3) is 0 Å². The molecule has 0 bridgehead atoms. The van der Waals surface area contributed by atoms with E-state index in [2.05, 4.69) is 65.3 Å². The first-order valence-corrected chi connectivity index (χ1v) is 9.56. The molecular formula is C22H28N2O. The Morgan fingerprint density at radius 1 is 0.920 bits per heavy atom. The van der Waals surface area contributed by atoms with Gasteiger partial charge in [-0.15, -0.1) is 0 Å². The minimum absolute atomic E-state index is 0.192. The molecule has 1 unspecified atom stereocenters. The van der Waals surface area contributed by atoms with Crippen LogP contribution in [0.5, 0.6) is 0 Å². The Morgan fingerprint density at radius 2 is 1.48 bits per heavy atom. The predicted octanol–water partition coefficient (Wildman–Crippen LogP) is 3.07. The lowest BCUT2D eigenvalue weighted by molar-refractivity contribution is 0.0606. The van der Waals surface area contributed by atoms with Crippen molar-refractivity contribution in [3.05, 3.63) is 70.8 Å². The lowest BCUT2D eigenvalue weighted by Crippen LogP contribution is -2.50. The topological polar surface area (TPSA) is 26.7 Å². The smallest absolute Gasteiger partial charge is 0.0664 e. The molecule has 3 nitrogen and oxygen atoms in total. The van der Waals surface area contributed by atoms with Crippen LogP contribution in [-0.2, 0) is 6.42 Å². The van der Waals surface area contributed by atoms with Crippen molar-refractivity contribution in [3.63, 3.8) is 0 Å². The number of piperazine rings is 1. The molecular weight excluding hydrogens is 308 g/mol. The summed E-state index contributed by atoms with van der Waals surface area (Å²) in [6, 6.07) is 18.2. The molecule has 0 radical (unpaired) electrons. The van der Waals surface area contributed by atoms with Gasteiger partial charge in [-0.25, -0.2) is 0 Å². The quantitative estimate of drug-likeness (QED) is 0.929. The second kappa shape index (κ2) is 7.28. The predicted molar refractivity (Wildman–Crippen MR) is 102 cm³/mol. The van der Waals surface area contributed by atoms with Gasteiger partial charge < -0.3 is 5.11 Å². The molecule has 3 heteroatoms. The van der Waals surface area contributed by atoms with E-state index in [1.54, 1.807) is 0 Å². The van der Waals surface area contributed by atoms with Crippen molar-refractivity contribution in [1.82, 2.24) is 9.80 Å². The van der Waals surface area contributed by atoms with Gasteiger partial charge >= 0.3 is 0 Å². The average molecular weight is 336 g/mol. The maximum absolute atomic E-state index is 9.93. The molecule has 1 aliphatic heterocycles. The minimum atomic E-state index is -0.192. The monoisotopic (exact) mass is 336 g/mol. The van der Waals surface area contributed by atoms with Crippen LogP contribution < -0.4 is 0 Å².